The Kier molecular flexibility index (Phi) is 4.01. The van der Waals surface area contributed by atoms with Crippen molar-refractivity contribution in [2.24, 2.45) is 0 Å². The first kappa shape index (κ1) is 14.8. The first-order valence-corrected chi connectivity index (χ1v) is 5.97. The van der Waals surface area contributed by atoms with Gasteiger partial charge in [-0.15, -0.1) is 0 Å². The number of benzene rings is 2. The Balaban J connectivity index is 2.55. The summed E-state index contributed by atoms with van der Waals surface area (Å²) in [6.45, 7) is 1.43. The topological polar surface area (TPSA) is 20.2 Å². The molecule has 0 aliphatic heterocycles. The molecule has 0 aromatic heterocycles. The molecule has 1 atom stereocenters. The summed E-state index contributed by atoms with van der Waals surface area (Å²) in [5, 5.41) is 9.91. The van der Waals surface area contributed by atoms with Crippen molar-refractivity contribution in [2.45, 2.75) is 13.0 Å². The van der Waals surface area contributed by atoms with E-state index in [0.29, 0.717) is 6.07 Å². The van der Waals surface area contributed by atoms with Gasteiger partial charge in [-0.25, -0.2) is 17.6 Å². The van der Waals surface area contributed by atoms with Gasteiger partial charge < -0.3 is 5.11 Å². The molecule has 0 aliphatic rings. The van der Waals surface area contributed by atoms with Crippen LogP contribution in [0.3, 0.4) is 0 Å². The van der Waals surface area contributed by atoms with Gasteiger partial charge >= 0.3 is 0 Å². The number of aliphatic hydroxyl groups excluding tert-OH is 1. The van der Waals surface area contributed by atoms with Crippen LogP contribution >= 0.6 is 11.6 Å². The summed E-state index contributed by atoms with van der Waals surface area (Å²) in [6, 6.07) is 3.80. The second kappa shape index (κ2) is 5.42. The number of halogens is 5. The Labute approximate surface area is 117 Å². The summed E-state index contributed by atoms with van der Waals surface area (Å²) in [5.74, 6) is -5.14. The maximum absolute atomic E-state index is 13.6. The molecule has 2 rings (SSSR count). The molecule has 0 spiro atoms. The van der Waals surface area contributed by atoms with Crippen LogP contribution in [-0.4, -0.2) is 5.11 Å². The third-order valence-corrected chi connectivity index (χ3v) is 3.26. The van der Waals surface area contributed by atoms with Gasteiger partial charge in [-0.2, -0.15) is 0 Å². The fourth-order valence-electron chi connectivity index (χ4n) is 1.81. The Morgan fingerprint density at radius 1 is 0.950 bits per heavy atom. The van der Waals surface area contributed by atoms with Gasteiger partial charge in [0.15, 0.2) is 17.5 Å². The van der Waals surface area contributed by atoms with Gasteiger partial charge in [0.25, 0.3) is 0 Å². The second-order valence-electron chi connectivity index (χ2n) is 4.29. The van der Waals surface area contributed by atoms with Gasteiger partial charge in [0.05, 0.1) is 0 Å². The maximum Gasteiger partial charge on any atom is 0.194 e. The van der Waals surface area contributed by atoms with E-state index in [-0.39, 0.29) is 16.1 Å². The van der Waals surface area contributed by atoms with Crippen molar-refractivity contribution in [1.29, 1.82) is 0 Å². The molecule has 1 nitrogen and oxygen atoms in total. The van der Waals surface area contributed by atoms with Crippen molar-refractivity contribution < 1.29 is 22.7 Å². The first-order chi connectivity index (χ1) is 9.32. The molecule has 2 aromatic carbocycles. The van der Waals surface area contributed by atoms with Crippen LogP contribution in [0.2, 0.25) is 5.02 Å². The lowest BCUT2D eigenvalue weighted by molar-refractivity contribution is 0.212. The van der Waals surface area contributed by atoms with Gasteiger partial charge in [0.2, 0.25) is 0 Å². The maximum atomic E-state index is 13.6. The van der Waals surface area contributed by atoms with E-state index < -0.39 is 34.9 Å². The highest BCUT2D eigenvalue weighted by Crippen LogP contribution is 2.32. The van der Waals surface area contributed by atoms with E-state index in [1.165, 1.54) is 13.0 Å². The average Bonchev–Trinajstić information content (AvgIpc) is 2.40. The van der Waals surface area contributed by atoms with Crippen LogP contribution in [0.1, 0.15) is 22.8 Å². The summed E-state index contributed by atoms with van der Waals surface area (Å²) >= 11 is 5.78. The third kappa shape index (κ3) is 2.51. The number of aliphatic hydroxyl groups is 1. The van der Waals surface area contributed by atoms with E-state index in [0.717, 1.165) is 12.1 Å². The van der Waals surface area contributed by atoms with Crippen LogP contribution in [0, 0.1) is 30.2 Å². The van der Waals surface area contributed by atoms with Gasteiger partial charge in [0, 0.05) is 16.1 Å². The Morgan fingerprint density at radius 2 is 1.60 bits per heavy atom. The van der Waals surface area contributed by atoms with Gasteiger partial charge in [-0.05, 0) is 30.7 Å². The SMILES string of the molecule is Cc1cc(C(O)c2ccc(F)c(F)c2F)c(Cl)cc1F. The summed E-state index contributed by atoms with van der Waals surface area (Å²) in [4.78, 5) is 0. The average molecular weight is 305 g/mol. The monoisotopic (exact) mass is 304 g/mol. The second-order valence-corrected chi connectivity index (χ2v) is 4.70. The van der Waals surface area contributed by atoms with Crippen LogP contribution in [0.15, 0.2) is 24.3 Å². The van der Waals surface area contributed by atoms with Crippen LogP contribution in [0.5, 0.6) is 0 Å². The highest BCUT2D eigenvalue weighted by Gasteiger charge is 2.22. The zero-order valence-electron chi connectivity index (χ0n) is 10.2. The minimum atomic E-state index is -1.68. The quantitative estimate of drug-likeness (QED) is 0.648. The van der Waals surface area contributed by atoms with Gasteiger partial charge in [0.1, 0.15) is 11.9 Å². The molecular weight excluding hydrogens is 296 g/mol. The molecule has 0 bridgehead atoms. The molecule has 20 heavy (non-hydrogen) atoms. The van der Waals surface area contributed by atoms with E-state index in [2.05, 4.69) is 0 Å². The van der Waals surface area contributed by atoms with Crippen LogP contribution in [0.25, 0.3) is 0 Å². The van der Waals surface area contributed by atoms with E-state index in [4.69, 9.17) is 11.6 Å². The fourth-order valence-corrected chi connectivity index (χ4v) is 2.06. The minimum Gasteiger partial charge on any atom is -0.383 e. The molecule has 0 saturated heterocycles. The summed E-state index contributed by atoms with van der Waals surface area (Å²) in [6.07, 6.45) is -1.63. The fraction of sp³-hybridized carbons (Fsp3) is 0.143. The minimum absolute atomic E-state index is 0.00970. The largest absolute Gasteiger partial charge is 0.383 e. The zero-order chi connectivity index (χ0) is 15.0. The van der Waals surface area contributed by atoms with Crippen LogP contribution in [0.4, 0.5) is 17.6 Å². The lowest BCUT2D eigenvalue weighted by atomic mass is 9.99. The van der Waals surface area contributed by atoms with Crippen molar-refractivity contribution >= 4 is 11.6 Å². The molecule has 1 N–H and O–H groups in total. The lowest BCUT2D eigenvalue weighted by Gasteiger charge is -2.15. The van der Waals surface area contributed by atoms with Crippen LogP contribution < -0.4 is 0 Å². The molecule has 106 valence electrons. The van der Waals surface area contributed by atoms with Crippen molar-refractivity contribution in [3.05, 3.63) is 69.2 Å². The molecule has 2 aromatic rings. The van der Waals surface area contributed by atoms with E-state index >= 15 is 0 Å². The highest BCUT2D eigenvalue weighted by atomic mass is 35.5. The molecule has 0 fully saturated rings. The van der Waals surface area contributed by atoms with Gasteiger partial charge in [-0.1, -0.05) is 17.7 Å². The molecule has 0 amide bonds. The predicted octanol–water partition coefficient (Wildman–Crippen LogP) is 4.29. The van der Waals surface area contributed by atoms with Crippen molar-refractivity contribution in [3.63, 3.8) is 0 Å². The summed E-state index contributed by atoms with van der Waals surface area (Å²) < 4.78 is 52.9. The number of rotatable bonds is 2. The first-order valence-electron chi connectivity index (χ1n) is 5.60. The number of hydrogen-bond donors (Lipinski definition) is 1. The third-order valence-electron chi connectivity index (χ3n) is 2.93. The van der Waals surface area contributed by atoms with E-state index in [1.807, 2.05) is 0 Å². The van der Waals surface area contributed by atoms with Crippen molar-refractivity contribution in [1.82, 2.24) is 0 Å². The van der Waals surface area contributed by atoms with Crippen LogP contribution in [-0.2, 0) is 0 Å². The Hall–Kier alpha value is -1.59. The summed E-state index contributed by atoms with van der Waals surface area (Å²) in [7, 11) is 0. The predicted molar refractivity (Wildman–Crippen MR) is 66.5 cm³/mol. The molecule has 0 aliphatic carbocycles. The van der Waals surface area contributed by atoms with Crippen molar-refractivity contribution in [3.8, 4) is 0 Å². The summed E-state index contributed by atoms with van der Waals surface area (Å²) in [5.41, 5.74) is -0.279. The lowest BCUT2D eigenvalue weighted by Crippen LogP contribution is -2.07. The van der Waals surface area contributed by atoms with Gasteiger partial charge in [-0.3, -0.25) is 0 Å². The van der Waals surface area contributed by atoms with E-state index in [1.54, 1.807) is 0 Å². The highest BCUT2D eigenvalue weighted by molar-refractivity contribution is 6.31. The smallest absolute Gasteiger partial charge is 0.194 e. The van der Waals surface area contributed by atoms with E-state index in [9.17, 15) is 22.7 Å². The number of hydrogen-bond acceptors (Lipinski definition) is 1. The Bertz CT molecular complexity index is 671. The molecule has 1 unspecified atom stereocenters. The normalized spacial score (nSPS) is 12.6. The molecular formula is C14H9ClF4O. The standard InChI is InChI=1S/C14H9ClF4O/c1-6-4-8(9(15)5-11(6)17)14(20)7-2-3-10(16)13(19)12(7)18/h2-5,14,20H,1H3. The molecule has 0 radical (unpaired) electrons. The molecule has 0 heterocycles. The van der Waals surface area contributed by atoms with Crippen molar-refractivity contribution in [2.75, 3.05) is 0 Å². The zero-order valence-corrected chi connectivity index (χ0v) is 11.0. The molecule has 6 heteroatoms. The number of aryl methyl sites for hydroxylation is 1. The Morgan fingerprint density at radius 3 is 2.25 bits per heavy atom. The molecule has 0 saturated carbocycles.